The highest BCUT2D eigenvalue weighted by Crippen LogP contribution is 2.42. The topological polar surface area (TPSA) is 110 Å². The average molecular weight is 568 g/mol. The van der Waals surface area contributed by atoms with Gasteiger partial charge >= 0.3 is 12.1 Å². The summed E-state index contributed by atoms with van der Waals surface area (Å²) in [6, 6.07) is 15.9. The van der Waals surface area contributed by atoms with Crippen molar-refractivity contribution in [2.45, 2.75) is 6.18 Å². The Kier molecular flexibility index (Phi) is 6.60. The number of nitrogen functional groups attached to an aromatic ring is 1. The van der Waals surface area contributed by atoms with Gasteiger partial charge in [0.2, 0.25) is 5.27 Å². The van der Waals surface area contributed by atoms with E-state index >= 15 is 0 Å². The molecule has 0 radical (unpaired) electrons. The summed E-state index contributed by atoms with van der Waals surface area (Å²) in [5.41, 5.74) is 8.39. The Bertz CT molecular complexity index is 1680. The second-order valence-corrected chi connectivity index (χ2v) is 10.0. The number of hydrogen-bond donors (Lipinski definition) is 2. The number of carbonyl (C=O) groups is 1. The smallest absolute Gasteiger partial charge is 0.397 e. The van der Waals surface area contributed by atoms with Crippen LogP contribution in [0.25, 0.3) is 32.6 Å². The van der Waals surface area contributed by atoms with E-state index in [0.717, 1.165) is 29.0 Å². The van der Waals surface area contributed by atoms with Crippen molar-refractivity contribution in [1.29, 1.82) is 0 Å². The number of aromatic nitrogens is 3. The first-order valence-electron chi connectivity index (χ1n) is 12.3. The lowest BCUT2D eigenvalue weighted by Gasteiger charge is -2.18. The number of nitrogens with zero attached hydrogens (tertiary/aromatic N) is 4. The van der Waals surface area contributed by atoms with Crippen LogP contribution in [0.4, 0.5) is 24.7 Å². The van der Waals surface area contributed by atoms with Crippen LogP contribution in [0.5, 0.6) is 0 Å². The Morgan fingerprint density at radius 3 is 2.48 bits per heavy atom. The van der Waals surface area contributed by atoms with Crippen molar-refractivity contribution < 1.29 is 32.0 Å². The maximum atomic E-state index is 13.3. The van der Waals surface area contributed by atoms with Gasteiger partial charge in [-0.25, -0.2) is 4.98 Å². The second kappa shape index (κ2) is 10.2. The number of hydrogen-bond acceptors (Lipinski definition) is 8. The Balaban J connectivity index is 1.39. The van der Waals surface area contributed by atoms with Gasteiger partial charge in [-0.05, 0) is 29.3 Å². The van der Waals surface area contributed by atoms with Gasteiger partial charge in [0.15, 0.2) is 0 Å². The van der Waals surface area contributed by atoms with E-state index in [-0.39, 0.29) is 16.4 Å². The summed E-state index contributed by atoms with van der Waals surface area (Å²) >= 11 is 1.09. The zero-order chi connectivity index (χ0) is 27.9. The summed E-state index contributed by atoms with van der Waals surface area (Å²) in [6.45, 7) is 2.35. The average Bonchev–Trinajstić information content (AvgIpc) is 3.57. The zero-order valence-electron chi connectivity index (χ0n) is 20.8. The van der Waals surface area contributed by atoms with Gasteiger partial charge in [-0.2, -0.15) is 13.2 Å². The molecule has 5 aromatic rings. The maximum absolute atomic E-state index is 13.3. The molecule has 6 rings (SSSR count). The van der Waals surface area contributed by atoms with Crippen LogP contribution >= 0.6 is 11.3 Å². The molecule has 1 aliphatic rings. The lowest BCUT2D eigenvalue weighted by atomic mass is 9.98. The van der Waals surface area contributed by atoms with Crippen molar-refractivity contribution in [1.82, 2.24) is 10.3 Å². The molecular formula is C27H22F3N6O3S+. The van der Waals surface area contributed by atoms with Gasteiger partial charge < -0.3 is 10.5 Å². The van der Waals surface area contributed by atoms with Gasteiger partial charge in [-0.3, -0.25) is 14.6 Å². The van der Waals surface area contributed by atoms with E-state index in [0.29, 0.717) is 53.3 Å². The van der Waals surface area contributed by atoms with E-state index in [1.54, 1.807) is 12.3 Å². The Morgan fingerprint density at radius 2 is 1.77 bits per heavy atom. The molecule has 0 saturated carbocycles. The van der Waals surface area contributed by atoms with Crippen molar-refractivity contribution >= 4 is 39.0 Å². The summed E-state index contributed by atoms with van der Waals surface area (Å²) in [5, 5.41) is 9.02. The molecule has 1 fully saturated rings. The quantitative estimate of drug-likeness (QED) is 0.296. The molecule has 0 aliphatic carbocycles. The number of ether oxygens (including phenoxy) is 1. The maximum Gasteiger partial charge on any atom is 0.416 e. The highest BCUT2D eigenvalue weighted by Gasteiger charge is 2.30. The first-order valence-corrected chi connectivity index (χ1v) is 13.1. The van der Waals surface area contributed by atoms with Crippen molar-refractivity contribution in [3.8, 4) is 22.4 Å². The van der Waals surface area contributed by atoms with Gasteiger partial charge in [-0.15, -0.1) is 16.3 Å². The van der Waals surface area contributed by atoms with Crippen LogP contribution in [0.2, 0.25) is 0 Å². The van der Waals surface area contributed by atoms with Crippen LogP contribution in [0, 0.1) is 0 Å². The van der Waals surface area contributed by atoms with Crippen LogP contribution in [0.3, 0.4) is 0 Å². The molecule has 1 aliphatic heterocycles. The fraction of sp³-hybridized carbons (Fsp3) is 0.185. The van der Waals surface area contributed by atoms with Gasteiger partial charge in [0.1, 0.15) is 9.71 Å². The van der Waals surface area contributed by atoms with E-state index in [2.05, 4.69) is 10.6 Å². The molecule has 13 heteroatoms. The normalized spacial score (nSPS) is 14.0. The van der Waals surface area contributed by atoms with E-state index in [9.17, 15) is 18.0 Å². The standard InChI is InChI=1S/C27H21F3N6O3S/c28-27(29,30)18-8-6-16(7-9-18)19-14-20(17-4-2-1-3-5-17)32-26-22(19)23(31)24(40-26)25(37)33-21-15-36(34-39-21)35-10-12-38-13-11-35/h1-9,14-15H,10-13H2,(H2-,31,33,34,37)/p+1. The number of anilines is 2. The highest BCUT2D eigenvalue weighted by molar-refractivity contribution is 7.21. The summed E-state index contributed by atoms with van der Waals surface area (Å²) in [6.07, 6.45) is -2.92. The molecule has 1 saturated heterocycles. The predicted molar refractivity (Wildman–Crippen MR) is 143 cm³/mol. The number of halogens is 3. The van der Waals surface area contributed by atoms with Crippen molar-refractivity contribution in [3.63, 3.8) is 0 Å². The monoisotopic (exact) mass is 567 g/mol. The number of nitrogens with one attached hydrogen (secondary N) is 1. The number of pyridine rings is 1. The van der Waals surface area contributed by atoms with E-state index in [1.165, 1.54) is 16.9 Å². The molecule has 3 N–H and O–H groups in total. The van der Waals surface area contributed by atoms with Gasteiger partial charge in [-0.1, -0.05) is 42.5 Å². The molecule has 40 heavy (non-hydrogen) atoms. The van der Waals surface area contributed by atoms with E-state index in [1.807, 2.05) is 35.3 Å². The Labute approximate surface area is 229 Å². The summed E-state index contributed by atoms with van der Waals surface area (Å²) < 4.78 is 50.3. The van der Waals surface area contributed by atoms with Crippen molar-refractivity contribution in [3.05, 3.63) is 77.3 Å². The number of nitrogens with two attached hydrogens (primary N) is 1. The summed E-state index contributed by atoms with van der Waals surface area (Å²) in [4.78, 5) is 20.2. The molecule has 4 heterocycles. The van der Waals surface area contributed by atoms with Gasteiger partial charge in [0.05, 0.1) is 48.0 Å². The molecule has 0 unspecified atom stereocenters. The number of amides is 1. The van der Waals surface area contributed by atoms with Crippen molar-refractivity contribution in [2.75, 3.05) is 42.4 Å². The third-order valence-corrected chi connectivity index (χ3v) is 7.57. The fourth-order valence-electron chi connectivity index (χ4n) is 4.47. The third kappa shape index (κ3) is 4.96. The molecule has 1 amide bonds. The van der Waals surface area contributed by atoms with Gasteiger partial charge in [0.25, 0.3) is 12.1 Å². The van der Waals surface area contributed by atoms with Crippen LogP contribution in [-0.2, 0) is 10.9 Å². The SMILES string of the molecule is Nc1c(C(=O)Nc2c[n+](N3CCOCC3)no2)sc2nc(-c3ccccc3)cc(-c3ccc(C(F)(F)F)cc3)c12. The van der Waals surface area contributed by atoms with Crippen LogP contribution in [-0.4, -0.2) is 42.5 Å². The Morgan fingerprint density at radius 1 is 1.05 bits per heavy atom. The lowest BCUT2D eigenvalue weighted by Crippen LogP contribution is -2.62. The minimum atomic E-state index is -4.46. The molecule has 3 aromatic heterocycles. The van der Waals surface area contributed by atoms with Crippen molar-refractivity contribution in [2.24, 2.45) is 0 Å². The molecule has 204 valence electrons. The minimum absolute atomic E-state index is 0.120. The number of benzene rings is 2. The number of thiophene rings is 1. The number of morpholine rings is 1. The molecule has 0 spiro atoms. The predicted octanol–water partition coefficient (Wildman–Crippen LogP) is 4.73. The fourth-order valence-corrected chi connectivity index (χ4v) is 5.48. The zero-order valence-corrected chi connectivity index (χ0v) is 21.6. The molecule has 9 nitrogen and oxygen atoms in total. The van der Waals surface area contributed by atoms with Crippen LogP contribution in [0.1, 0.15) is 15.2 Å². The third-order valence-electron chi connectivity index (χ3n) is 6.47. The number of fused-ring (bicyclic) bond motifs is 1. The van der Waals surface area contributed by atoms with Crippen LogP contribution < -0.4 is 20.9 Å². The molecular weight excluding hydrogens is 545 g/mol. The van der Waals surface area contributed by atoms with E-state index < -0.39 is 17.6 Å². The van der Waals surface area contributed by atoms with Gasteiger partial charge in [0, 0.05) is 10.9 Å². The number of carbonyl (C=O) groups excluding carboxylic acids is 1. The largest absolute Gasteiger partial charge is 0.416 e. The van der Waals surface area contributed by atoms with Crippen LogP contribution in [0.15, 0.2) is 71.4 Å². The number of alkyl halides is 3. The van der Waals surface area contributed by atoms with E-state index in [4.69, 9.17) is 20.0 Å². The first-order chi connectivity index (χ1) is 19.3. The summed E-state index contributed by atoms with van der Waals surface area (Å²) in [7, 11) is 0. The molecule has 2 aromatic carbocycles. The minimum Gasteiger partial charge on any atom is -0.397 e. The Hall–Kier alpha value is -4.49. The number of rotatable bonds is 5. The highest BCUT2D eigenvalue weighted by atomic mass is 32.1. The first kappa shape index (κ1) is 25.8. The molecule has 0 atom stereocenters. The summed E-state index contributed by atoms with van der Waals surface area (Å²) in [5.74, 6) is -0.403. The molecule has 0 bridgehead atoms. The lowest BCUT2D eigenvalue weighted by molar-refractivity contribution is -0.759. The second-order valence-electron chi connectivity index (χ2n) is 9.03.